The highest BCUT2D eigenvalue weighted by molar-refractivity contribution is 7.92. The maximum Gasteiger partial charge on any atom is 0.304 e. The van der Waals surface area contributed by atoms with Crippen LogP contribution < -0.4 is 14.8 Å². The number of nitrogens with zero attached hydrogens (tertiary/aromatic N) is 1. The van der Waals surface area contributed by atoms with Crippen LogP contribution in [-0.2, 0) is 51.3 Å². The number of hydrogen-bond donors (Lipinski definition) is 4. The zero-order valence-corrected chi connectivity index (χ0v) is 38.2. The summed E-state index contributed by atoms with van der Waals surface area (Å²) in [5.41, 5.74) is 5.64. The van der Waals surface area contributed by atoms with Crippen molar-refractivity contribution in [3.8, 4) is 0 Å². The third-order valence-electron chi connectivity index (χ3n) is 13.6. The number of carbonyl (C=O) groups excluding carboxylic acids is 1. The number of carbonyl (C=O) groups is 2. The van der Waals surface area contributed by atoms with Crippen molar-refractivity contribution < 1.29 is 31.5 Å². The van der Waals surface area contributed by atoms with Crippen LogP contribution in [0.15, 0.2) is 109 Å². The Morgan fingerprint density at radius 2 is 1.03 bits per heavy atom. The lowest BCUT2D eigenvalue weighted by Gasteiger charge is -2.30. The van der Waals surface area contributed by atoms with Crippen LogP contribution in [0.5, 0.6) is 0 Å². The molecule has 2 aliphatic heterocycles. The molecule has 4 N–H and O–H groups in total. The van der Waals surface area contributed by atoms with Crippen molar-refractivity contribution in [3.63, 3.8) is 0 Å². The molecule has 13 heteroatoms. The van der Waals surface area contributed by atoms with E-state index in [-0.39, 0.29) is 34.0 Å². The summed E-state index contributed by atoms with van der Waals surface area (Å²) in [6.07, 6.45) is 3.00. The van der Waals surface area contributed by atoms with Crippen molar-refractivity contribution in [2.45, 2.75) is 76.0 Å². The van der Waals surface area contributed by atoms with E-state index in [0.717, 1.165) is 43.6 Å². The second-order valence-corrected chi connectivity index (χ2v) is 22.6. The van der Waals surface area contributed by atoms with E-state index in [1.165, 1.54) is 17.4 Å². The average Bonchev–Trinajstić information content (AvgIpc) is 3.64. The molecule has 4 aromatic rings. The molecule has 4 fully saturated rings. The summed E-state index contributed by atoms with van der Waals surface area (Å²) in [6.45, 7) is 16.3. The molecule has 0 aromatic heterocycles. The summed E-state index contributed by atoms with van der Waals surface area (Å²) in [7, 11) is -6.50. The highest BCUT2D eigenvalue weighted by atomic mass is 32.2. The van der Waals surface area contributed by atoms with Gasteiger partial charge in [0.15, 0.2) is 0 Å². The predicted octanol–water partition coefficient (Wildman–Crippen LogP) is 7.38. The topological polar surface area (TPSA) is 162 Å². The molecule has 1 amide bonds. The Balaban J connectivity index is 0.000000170. The number of rotatable bonds is 12. The zero-order chi connectivity index (χ0) is 44.6. The first kappa shape index (κ1) is 45.8. The second-order valence-electron chi connectivity index (χ2n) is 19.1. The molecule has 328 valence electrons. The van der Waals surface area contributed by atoms with E-state index in [4.69, 9.17) is 5.11 Å². The predicted molar refractivity (Wildman–Crippen MR) is 244 cm³/mol. The van der Waals surface area contributed by atoms with Gasteiger partial charge in [-0.3, -0.25) is 19.0 Å². The van der Waals surface area contributed by atoms with Crippen molar-refractivity contribution >= 4 is 43.3 Å². The molecule has 0 radical (unpaired) electrons. The number of carboxylic acids is 1. The van der Waals surface area contributed by atoms with Gasteiger partial charge < -0.3 is 15.3 Å². The third kappa shape index (κ3) is 10.7. The minimum absolute atomic E-state index is 0.000914. The molecule has 4 aromatic carbocycles. The second kappa shape index (κ2) is 17.2. The van der Waals surface area contributed by atoms with E-state index < -0.39 is 26.0 Å². The summed E-state index contributed by atoms with van der Waals surface area (Å²) in [4.78, 5) is 25.6. The zero-order valence-electron chi connectivity index (χ0n) is 36.6. The van der Waals surface area contributed by atoms with E-state index in [0.29, 0.717) is 41.5 Å². The largest absolute Gasteiger partial charge is 0.481 e. The Morgan fingerprint density at radius 1 is 0.639 bits per heavy atom. The lowest BCUT2D eigenvalue weighted by Crippen LogP contribution is -2.37. The van der Waals surface area contributed by atoms with Crippen molar-refractivity contribution in [2.75, 3.05) is 48.1 Å². The number of fused-ring (bicyclic) bond motifs is 2. The van der Waals surface area contributed by atoms with Gasteiger partial charge in [0.05, 0.1) is 18.9 Å². The summed E-state index contributed by atoms with van der Waals surface area (Å²) in [5, 5.41) is 12.1. The summed E-state index contributed by atoms with van der Waals surface area (Å²) < 4.78 is 50.7. The molecule has 61 heavy (non-hydrogen) atoms. The number of carboxylic acid groups (broad SMARTS) is 1. The Morgan fingerprint density at radius 3 is 1.43 bits per heavy atom. The highest BCUT2D eigenvalue weighted by Crippen LogP contribution is 2.64. The third-order valence-corrected chi connectivity index (χ3v) is 14.8. The van der Waals surface area contributed by atoms with Gasteiger partial charge in [-0.25, -0.2) is 16.8 Å². The summed E-state index contributed by atoms with van der Waals surface area (Å²) in [6, 6.07) is 35.4. The monoisotopic (exact) mass is 870 g/mol. The fourth-order valence-electron chi connectivity index (χ4n) is 9.86. The van der Waals surface area contributed by atoms with Crippen molar-refractivity contribution in [1.82, 2.24) is 10.2 Å². The van der Waals surface area contributed by atoms with E-state index in [2.05, 4.69) is 66.7 Å². The standard InChI is InChI=1S/C24H30N2O3S.C13H18N2O2S.C11H14O2/c1-23(2,17-9-6-5-7-10-17)14-22(27)26-15-20-21(16-26)24(20,3)18-11-8-12-19(13-18)25-30(4,28)29;1-13(11-7-14-8-12(11)13)9-4-3-5-10(6-9)15-18(2,16)17;1-11(2,8-10(12)13)9-6-4-3-5-7-9/h5-13,20-21,25H,14-16H2,1-4H3;3-6,11-12,14-15H,7-8H2,1-2H3;3-7H,8H2,1-2H3,(H,12,13). The van der Waals surface area contributed by atoms with Gasteiger partial charge in [0.2, 0.25) is 26.0 Å². The first-order chi connectivity index (χ1) is 28.4. The quantitative estimate of drug-likeness (QED) is 0.115. The molecule has 11 nitrogen and oxygen atoms in total. The highest BCUT2D eigenvalue weighted by Gasteiger charge is 2.66. The number of nitrogens with one attached hydrogen (secondary N) is 3. The molecule has 8 rings (SSSR count). The fourth-order valence-corrected chi connectivity index (χ4v) is 11.0. The Bertz CT molecular complexity index is 2420. The average molecular weight is 871 g/mol. The summed E-state index contributed by atoms with van der Waals surface area (Å²) in [5.74, 6) is 1.71. The van der Waals surface area contributed by atoms with Crippen molar-refractivity contribution in [1.29, 1.82) is 0 Å². The molecule has 0 spiro atoms. The molecule has 4 unspecified atom stereocenters. The minimum Gasteiger partial charge on any atom is -0.481 e. The lowest BCUT2D eigenvalue weighted by molar-refractivity contribution is -0.138. The molecule has 2 heterocycles. The SMILES string of the molecule is CC(C)(CC(=O)N1CC2C(C1)C2(C)c1cccc(NS(C)(=O)=O)c1)c1ccccc1.CC(C)(CC(=O)O)c1ccccc1.CC1(c2cccc(NS(C)(=O)=O)c2)C2CNCC21. The van der Waals surface area contributed by atoms with Gasteiger partial charge in [0, 0.05) is 47.1 Å². The van der Waals surface area contributed by atoms with Crippen LogP contribution in [0, 0.1) is 23.7 Å². The van der Waals surface area contributed by atoms with E-state index in [1.54, 1.807) is 12.1 Å². The first-order valence-corrected chi connectivity index (χ1v) is 24.7. The summed E-state index contributed by atoms with van der Waals surface area (Å²) >= 11 is 0. The maximum atomic E-state index is 13.0. The van der Waals surface area contributed by atoms with Crippen molar-refractivity contribution in [2.24, 2.45) is 23.7 Å². The van der Waals surface area contributed by atoms with Gasteiger partial charge in [-0.2, -0.15) is 0 Å². The Hall–Kier alpha value is -4.72. The van der Waals surface area contributed by atoms with E-state index in [9.17, 15) is 26.4 Å². The van der Waals surface area contributed by atoms with Gasteiger partial charge in [-0.1, -0.05) is 126 Å². The van der Waals surface area contributed by atoms with Gasteiger partial charge in [0.25, 0.3) is 0 Å². The van der Waals surface area contributed by atoms with Crippen molar-refractivity contribution in [3.05, 3.63) is 131 Å². The smallest absolute Gasteiger partial charge is 0.304 e. The molecular weight excluding hydrogens is 809 g/mol. The molecule has 2 aliphatic carbocycles. The molecule has 0 bridgehead atoms. The molecule has 2 saturated carbocycles. The van der Waals surface area contributed by atoms with Crippen LogP contribution in [0.2, 0.25) is 0 Å². The number of likely N-dealkylation sites (tertiary alicyclic amines) is 1. The number of piperidine rings is 2. The van der Waals surface area contributed by atoms with Gasteiger partial charge >= 0.3 is 5.97 Å². The number of amides is 1. The Kier molecular flexibility index (Phi) is 12.9. The van der Waals surface area contributed by atoms with Crippen LogP contribution >= 0.6 is 0 Å². The van der Waals surface area contributed by atoms with Crippen LogP contribution in [0.1, 0.15) is 76.6 Å². The van der Waals surface area contributed by atoms with Crippen LogP contribution in [0.4, 0.5) is 11.4 Å². The minimum atomic E-state index is -3.30. The van der Waals surface area contributed by atoms with Crippen LogP contribution in [0.3, 0.4) is 0 Å². The number of sulfonamides is 2. The Labute approximate surface area is 362 Å². The van der Waals surface area contributed by atoms with Crippen LogP contribution in [0.25, 0.3) is 0 Å². The molecular formula is C48H62N4O7S2. The fraction of sp³-hybridized carbons (Fsp3) is 0.458. The molecule has 4 aliphatic rings. The number of hydrogen-bond acceptors (Lipinski definition) is 7. The van der Waals surface area contributed by atoms with Gasteiger partial charge in [0.1, 0.15) is 0 Å². The van der Waals surface area contributed by atoms with Gasteiger partial charge in [-0.15, -0.1) is 0 Å². The number of aliphatic carboxylic acids is 1. The number of anilines is 2. The maximum absolute atomic E-state index is 13.0. The van der Waals surface area contributed by atoms with E-state index >= 15 is 0 Å². The first-order valence-electron chi connectivity index (χ1n) is 20.9. The van der Waals surface area contributed by atoms with E-state index in [1.807, 2.05) is 91.5 Å². The van der Waals surface area contributed by atoms with Crippen LogP contribution in [-0.4, -0.2) is 77.4 Å². The molecule has 2 saturated heterocycles. The molecule has 4 atom stereocenters. The number of benzene rings is 4. The normalized spacial score (nSPS) is 25.1. The van der Waals surface area contributed by atoms with Gasteiger partial charge in [-0.05, 0) is 88.7 Å². The lowest BCUT2D eigenvalue weighted by atomic mass is 9.81.